The molecule has 0 aliphatic carbocycles. The molecule has 0 spiro atoms. The Kier molecular flexibility index (Phi) is 4.77. The van der Waals surface area contributed by atoms with Gasteiger partial charge in [-0.15, -0.1) is 12.4 Å². The zero-order valence-electron chi connectivity index (χ0n) is 6.32. The van der Waals surface area contributed by atoms with Crippen LogP contribution in [0.5, 0.6) is 0 Å². The summed E-state index contributed by atoms with van der Waals surface area (Å²) >= 11 is 0. The number of rotatable bonds is 2. The highest BCUT2D eigenvalue weighted by molar-refractivity contribution is 5.85. The molecule has 4 heteroatoms. The Morgan fingerprint density at radius 3 is 2.82 bits per heavy atom. The fraction of sp³-hybridized carbons (Fsp3) is 0.286. The van der Waals surface area contributed by atoms with Gasteiger partial charge in [-0.1, -0.05) is 6.07 Å². The van der Waals surface area contributed by atoms with E-state index in [2.05, 4.69) is 10.4 Å². The van der Waals surface area contributed by atoms with Crippen LogP contribution in [-0.4, -0.2) is 4.98 Å². The van der Waals surface area contributed by atoms with Crippen molar-refractivity contribution >= 4 is 12.4 Å². The molecule has 1 unspecified atom stereocenters. The van der Waals surface area contributed by atoms with E-state index < -0.39 is 0 Å². The second kappa shape index (κ2) is 5.07. The second-order valence-corrected chi connectivity index (χ2v) is 2.17. The third kappa shape index (κ3) is 2.84. The number of pyridine rings is 1. The van der Waals surface area contributed by atoms with E-state index in [1.807, 2.05) is 19.1 Å². The molecule has 1 atom stereocenters. The SMILES string of the molecule is CC(NN)c1cccnc1.Cl. The summed E-state index contributed by atoms with van der Waals surface area (Å²) in [5.74, 6) is 5.23. The van der Waals surface area contributed by atoms with Crippen LogP contribution in [0.2, 0.25) is 0 Å². The lowest BCUT2D eigenvalue weighted by atomic mass is 10.2. The number of halogens is 1. The molecule has 0 amide bonds. The molecule has 0 saturated heterocycles. The van der Waals surface area contributed by atoms with Crippen molar-refractivity contribution < 1.29 is 0 Å². The van der Waals surface area contributed by atoms with Gasteiger partial charge in [-0.25, -0.2) is 0 Å². The van der Waals surface area contributed by atoms with Gasteiger partial charge in [0.15, 0.2) is 0 Å². The highest BCUT2D eigenvalue weighted by atomic mass is 35.5. The molecular weight excluding hydrogens is 162 g/mol. The topological polar surface area (TPSA) is 50.9 Å². The molecule has 1 heterocycles. The molecule has 0 bridgehead atoms. The quantitative estimate of drug-likeness (QED) is 0.519. The summed E-state index contributed by atoms with van der Waals surface area (Å²) in [4.78, 5) is 3.96. The van der Waals surface area contributed by atoms with Gasteiger partial charge in [0.05, 0.1) is 0 Å². The summed E-state index contributed by atoms with van der Waals surface area (Å²) in [7, 11) is 0. The predicted molar refractivity (Wildman–Crippen MR) is 47.2 cm³/mol. The average Bonchev–Trinajstić information content (AvgIpc) is 2.05. The summed E-state index contributed by atoms with van der Waals surface area (Å²) in [5.41, 5.74) is 3.74. The summed E-state index contributed by atoms with van der Waals surface area (Å²) in [6.07, 6.45) is 3.54. The maximum Gasteiger partial charge on any atom is 0.0447 e. The lowest BCUT2D eigenvalue weighted by Crippen LogP contribution is -2.25. The second-order valence-electron chi connectivity index (χ2n) is 2.17. The molecule has 1 rings (SSSR count). The monoisotopic (exact) mass is 173 g/mol. The Bertz CT molecular complexity index is 190. The Balaban J connectivity index is 0.000001000. The summed E-state index contributed by atoms with van der Waals surface area (Å²) in [5, 5.41) is 0. The first-order chi connectivity index (χ1) is 4.84. The van der Waals surface area contributed by atoms with Gasteiger partial charge in [0.25, 0.3) is 0 Å². The van der Waals surface area contributed by atoms with Crippen molar-refractivity contribution in [1.29, 1.82) is 0 Å². The molecule has 3 N–H and O–H groups in total. The number of aromatic nitrogens is 1. The van der Waals surface area contributed by atoms with E-state index in [1.165, 1.54) is 0 Å². The highest BCUT2D eigenvalue weighted by Gasteiger charge is 1.99. The summed E-state index contributed by atoms with van der Waals surface area (Å²) in [6, 6.07) is 4.05. The predicted octanol–water partition coefficient (Wildman–Crippen LogP) is 1.03. The van der Waals surface area contributed by atoms with E-state index in [0.717, 1.165) is 5.56 Å². The van der Waals surface area contributed by atoms with E-state index in [9.17, 15) is 0 Å². The molecular formula is C7H12ClN3. The van der Waals surface area contributed by atoms with Crippen LogP contribution in [0.25, 0.3) is 0 Å². The van der Waals surface area contributed by atoms with Crippen LogP contribution in [-0.2, 0) is 0 Å². The first-order valence-electron chi connectivity index (χ1n) is 3.20. The molecule has 11 heavy (non-hydrogen) atoms. The molecule has 0 fully saturated rings. The molecule has 3 nitrogen and oxygen atoms in total. The number of nitrogens with two attached hydrogens (primary N) is 1. The van der Waals surface area contributed by atoms with Gasteiger partial charge in [-0.05, 0) is 18.6 Å². The van der Waals surface area contributed by atoms with Gasteiger partial charge >= 0.3 is 0 Å². The highest BCUT2D eigenvalue weighted by Crippen LogP contribution is 2.06. The van der Waals surface area contributed by atoms with E-state index in [0.29, 0.717) is 0 Å². The minimum absolute atomic E-state index is 0. The number of nitrogens with zero attached hydrogens (tertiary/aromatic N) is 1. The van der Waals surface area contributed by atoms with Crippen LogP contribution in [0, 0.1) is 0 Å². The van der Waals surface area contributed by atoms with Crippen LogP contribution in [0.1, 0.15) is 18.5 Å². The van der Waals surface area contributed by atoms with Crippen molar-refractivity contribution in [2.45, 2.75) is 13.0 Å². The minimum atomic E-state index is 0. The van der Waals surface area contributed by atoms with Crippen molar-refractivity contribution in [1.82, 2.24) is 10.4 Å². The third-order valence-electron chi connectivity index (χ3n) is 1.43. The number of hydrogen-bond donors (Lipinski definition) is 2. The summed E-state index contributed by atoms with van der Waals surface area (Å²) < 4.78 is 0. The van der Waals surface area contributed by atoms with Crippen LogP contribution >= 0.6 is 12.4 Å². The minimum Gasteiger partial charge on any atom is -0.271 e. The zero-order valence-corrected chi connectivity index (χ0v) is 7.14. The summed E-state index contributed by atoms with van der Waals surface area (Å²) in [6.45, 7) is 1.98. The van der Waals surface area contributed by atoms with Gasteiger partial charge in [-0.2, -0.15) is 0 Å². The van der Waals surface area contributed by atoms with Crippen LogP contribution in [0.4, 0.5) is 0 Å². The Hall–Kier alpha value is -0.640. The largest absolute Gasteiger partial charge is 0.271 e. The van der Waals surface area contributed by atoms with Crippen LogP contribution in [0.3, 0.4) is 0 Å². The van der Waals surface area contributed by atoms with Gasteiger partial charge < -0.3 is 0 Å². The molecule has 0 aliphatic rings. The first-order valence-corrected chi connectivity index (χ1v) is 3.20. The lowest BCUT2D eigenvalue weighted by Gasteiger charge is -2.07. The van der Waals surface area contributed by atoms with Crippen molar-refractivity contribution in [3.8, 4) is 0 Å². The van der Waals surface area contributed by atoms with Gasteiger partial charge in [0, 0.05) is 18.4 Å². The van der Waals surface area contributed by atoms with Crippen molar-refractivity contribution in [2.75, 3.05) is 0 Å². The molecule has 0 radical (unpaired) electrons. The van der Waals surface area contributed by atoms with Gasteiger partial charge in [0.1, 0.15) is 0 Å². The Labute approximate surface area is 72.4 Å². The van der Waals surface area contributed by atoms with E-state index in [-0.39, 0.29) is 18.4 Å². The van der Waals surface area contributed by atoms with Crippen molar-refractivity contribution in [3.05, 3.63) is 30.1 Å². The molecule has 1 aromatic rings. The molecule has 1 aromatic heterocycles. The average molecular weight is 174 g/mol. The molecule has 0 aliphatic heterocycles. The van der Waals surface area contributed by atoms with E-state index in [4.69, 9.17) is 5.84 Å². The van der Waals surface area contributed by atoms with E-state index >= 15 is 0 Å². The van der Waals surface area contributed by atoms with Crippen molar-refractivity contribution in [2.24, 2.45) is 5.84 Å². The number of hydrazine groups is 1. The van der Waals surface area contributed by atoms with Gasteiger partial charge in [0.2, 0.25) is 0 Å². The first kappa shape index (κ1) is 10.4. The maximum absolute atomic E-state index is 5.23. The third-order valence-corrected chi connectivity index (χ3v) is 1.43. The number of nitrogens with one attached hydrogen (secondary N) is 1. The van der Waals surface area contributed by atoms with E-state index in [1.54, 1.807) is 12.4 Å². The van der Waals surface area contributed by atoms with Crippen molar-refractivity contribution in [3.63, 3.8) is 0 Å². The van der Waals surface area contributed by atoms with Crippen LogP contribution in [0.15, 0.2) is 24.5 Å². The zero-order chi connectivity index (χ0) is 7.40. The number of hydrogen-bond acceptors (Lipinski definition) is 3. The Morgan fingerprint density at radius 2 is 2.36 bits per heavy atom. The smallest absolute Gasteiger partial charge is 0.0447 e. The molecule has 0 saturated carbocycles. The molecule has 62 valence electrons. The fourth-order valence-electron chi connectivity index (χ4n) is 0.728. The standard InChI is InChI=1S/C7H11N3.ClH/c1-6(10-8)7-3-2-4-9-5-7;/h2-6,10H,8H2,1H3;1H. The fourth-order valence-corrected chi connectivity index (χ4v) is 0.728. The maximum atomic E-state index is 5.23. The normalized spacial score (nSPS) is 11.8. The Morgan fingerprint density at radius 1 is 1.64 bits per heavy atom. The molecule has 0 aromatic carbocycles. The van der Waals surface area contributed by atoms with Crippen LogP contribution < -0.4 is 11.3 Å². The van der Waals surface area contributed by atoms with Gasteiger partial charge in [-0.3, -0.25) is 16.3 Å². The lowest BCUT2D eigenvalue weighted by molar-refractivity contribution is 0.600.